The van der Waals surface area contributed by atoms with Crippen molar-refractivity contribution in [2.24, 2.45) is 4.40 Å². The molecule has 0 unspecified atom stereocenters. The largest absolute Gasteiger partial charge is 0.333 e. The maximum atomic E-state index is 12.1. The van der Waals surface area contributed by atoms with Crippen molar-refractivity contribution in [1.82, 2.24) is 0 Å². The van der Waals surface area contributed by atoms with E-state index >= 15 is 0 Å². The number of sulfonamides is 1. The standard InChI is InChI=1S/C15H11Cl2N3O3S2/c16-10-6-5-9(7-11(10)17)18-14(21)8-24-15-19-12-3-1-2-4-13(12)25(22,23)20-15/h1-7H,8H2,(H,18,21)(H,19,20). The Labute approximate surface area is 158 Å². The highest BCUT2D eigenvalue weighted by molar-refractivity contribution is 8.15. The number of amidine groups is 1. The molecule has 0 spiro atoms. The van der Waals surface area contributed by atoms with Gasteiger partial charge in [-0.1, -0.05) is 47.1 Å². The number of anilines is 2. The molecule has 6 nitrogen and oxygen atoms in total. The fourth-order valence-electron chi connectivity index (χ4n) is 2.06. The number of fused-ring (bicyclic) bond motifs is 1. The number of amides is 1. The van der Waals surface area contributed by atoms with Gasteiger partial charge in [0.05, 0.1) is 21.5 Å². The Kier molecular flexibility index (Phi) is 5.24. The molecule has 1 aliphatic rings. The maximum Gasteiger partial charge on any atom is 0.286 e. The molecule has 0 atom stereocenters. The lowest BCUT2D eigenvalue weighted by molar-refractivity contribution is -0.113. The van der Waals surface area contributed by atoms with Gasteiger partial charge in [0.15, 0.2) is 5.17 Å². The highest BCUT2D eigenvalue weighted by atomic mass is 35.5. The predicted octanol–water partition coefficient (Wildman–Crippen LogP) is 3.84. The molecule has 1 heterocycles. The number of nitrogens with one attached hydrogen (secondary N) is 2. The first-order valence-corrected chi connectivity index (χ1v) is 10.1. The van der Waals surface area contributed by atoms with Crippen LogP contribution in [-0.2, 0) is 14.8 Å². The number of nitrogens with zero attached hydrogens (tertiary/aromatic N) is 1. The average Bonchev–Trinajstić information content (AvgIpc) is 2.56. The van der Waals surface area contributed by atoms with E-state index < -0.39 is 10.0 Å². The molecule has 0 saturated carbocycles. The van der Waals surface area contributed by atoms with Crippen LogP contribution in [0.25, 0.3) is 0 Å². The summed E-state index contributed by atoms with van der Waals surface area (Å²) in [7, 11) is -3.77. The zero-order valence-corrected chi connectivity index (χ0v) is 15.6. The maximum absolute atomic E-state index is 12.1. The summed E-state index contributed by atoms with van der Waals surface area (Å²) < 4.78 is 27.9. The van der Waals surface area contributed by atoms with E-state index in [9.17, 15) is 13.2 Å². The van der Waals surface area contributed by atoms with Gasteiger partial charge in [0.2, 0.25) is 5.91 Å². The first kappa shape index (κ1) is 18.1. The average molecular weight is 416 g/mol. The van der Waals surface area contributed by atoms with Crippen LogP contribution in [0.1, 0.15) is 0 Å². The zero-order valence-electron chi connectivity index (χ0n) is 12.5. The van der Waals surface area contributed by atoms with Gasteiger partial charge in [-0.05, 0) is 30.3 Å². The molecular formula is C15H11Cl2N3O3S2. The lowest BCUT2D eigenvalue weighted by Gasteiger charge is -2.17. The second-order valence-electron chi connectivity index (χ2n) is 4.96. The van der Waals surface area contributed by atoms with Crippen LogP contribution in [0.15, 0.2) is 51.8 Å². The Morgan fingerprint density at radius 3 is 2.68 bits per heavy atom. The number of thioether (sulfide) groups is 1. The Morgan fingerprint density at radius 2 is 1.92 bits per heavy atom. The van der Waals surface area contributed by atoms with Gasteiger partial charge in [-0.15, -0.1) is 4.40 Å². The van der Waals surface area contributed by atoms with Crippen LogP contribution in [0.3, 0.4) is 0 Å². The predicted molar refractivity (Wildman–Crippen MR) is 102 cm³/mol. The molecule has 2 aromatic carbocycles. The quantitative estimate of drug-likeness (QED) is 0.794. The van der Waals surface area contributed by atoms with Crippen LogP contribution in [0.5, 0.6) is 0 Å². The summed E-state index contributed by atoms with van der Waals surface area (Å²) in [6.07, 6.45) is 0. The first-order chi connectivity index (χ1) is 11.8. The molecule has 0 radical (unpaired) electrons. The molecule has 3 rings (SSSR count). The van der Waals surface area contributed by atoms with Gasteiger partial charge in [0, 0.05) is 5.69 Å². The SMILES string of the molecule is O=C(CSC1=NS(=O)(=O)c2ccccc2N1)Nc1ccc(Cl)c(Cl)c1. The van der Waals surface area contributed by atoms with Crippen LogP contribution in [0.4, 0.5) is 11.4 Å². The molecule has 0 bridgehead atoms. The molecule has 1 amide bonds. The number of carbonyl (C=O) groups excluding carboxylic acids is 1. The Morgan fingerprint density at radius 1 is 1.16 bits per heavy atom. The normalized spacial score (nSPS) is 14.9. The van der Waals surface area contributed by atoms with Crippen molar-refractivity contribution < 1.29 is 13.2 Å². The summed E-state index contributed by atoms with van der Waals surface area (Å²) in [5.74, 6) is -0.354. The number of rotatable bonds is 3. The van der Waals surface area contributed by atoms with Crippen LogP contribution in [0, 0.1) is 0 Å². The molecule has 130 valence electrons. The Bertz CT molecular complexity index is 978. The van der Waals surface area contributed by atoms with E-state index in [1.54, 1.807) is 30.3 Å². The lowest BCUT2D eigenvalue weighted by atomic mass is 10.3. The molecule has 10 heteroatoms. The van der Waals surface area contributed by atoms with Crippen molar-refractivity contribution in [2.45, 2.75) is 4.90 Å². The van der Waals surface area contributed by atoms with Gasteiger partial charge < -0.3 is 10.6 Å². The molecule has 1 aliphatic heterocycles. The molecule has 0 aliphatic carbocycles. The summed E-state index contributed by atoms with van der Waals surface area (Å²) in [6.45, 7) is 0. The van der Waals surface area contributed by atoms with Gasteiger partial charge in [0.1, 0.15) is 4.90 Å². The minimum Gasteiger partial charge on any atom is -0.333 e. The molecule has 2 N–H and O–H groups in total. The van der Waals surface area contributed by atoms with Gasteiger partial charge in [-0.3, -0.25) is 4.79 Å². The number of halogens is 2. The minimum atomic E-state index is -3.77. The van der Waals surface area contributed by atoms with Crippen molar-refractivity contribution in [3.63, 3.8) is 0 Å². The fraction of sp³-hybridized carbons (Fsp3) is 0.0667. The van der Waals surface area contributed by atoms with Crippen molar-refractivity contribution >= 4 is 67.4 Å². The van der Waals surface area contributed by atoms with Crippen molar-refractivity contribution in [2.75, 3.05) is 16.4 Å². The molecule has 0 saturated heterocycles. The van der Waals surface area contributed by atoms with Gasteiger partial charge in [-0.25, -0.2) is 0 Å². The summed E-state index contributed by atoms with van der Waals surface area (Å²) in [4.78, 5) is 12.1. The summed E-state index contributed by atoms with van der Waals surface area (Å²) >= 11 is 12.7. The second kappa shape index (κ2) is 7.25. The molecule has 0 aromatic heterocycles. The molecule has 25 heavy (non-hydrogen) atoms. The third-order valence-corrected chi connectivity index (χ3v) is 6.22. The van der Waals surface area contributed by atoms with E-state index in [0.717, 1.165) is 11.8 Å². The number of carbonyl (C=O) groups is 1. The van der Waals surface area contributed by atoms with Gasteiger partial charge in [0.25, 0.3) is 10.0 Å². The van der Waals surface area contributed by atoms with E-state index in [-0.39, 0.29) is 21.7 Å². The second-order valence-corrected chi connectivity index (χ2v) is 8.31. The molecule has 0 fully saturated rings. The van der Waals surface area contributed by atoms with Crippen molar-refractivity contribution in [1.29, 1.82) is 0 Å². The lowest BCUT2D eigenvalue weighted by Crippen LogP contribution is -2.22. The van der Waals surface area contributed by atoms with Gasteiger partial charge >= 0.3 is 0 Å². The van der Waals surface area contributed by atoms with Crippen molar-refractivity contribution in [3.8, 4) is 0 Å². The Hall–Kier alpha value is -1.74. The van der Waals surface area contributed by atoms with E-state index in [4.69, 9.17) is 23.2 Å². The number of benzene rings is 2. The topological polar surface area (TPSA) is 87.6 Å². The van der Waals surface area contributed by atoms with Crippen LogP contribution >= 0.6 is 35.0 Å². The van der Waals surface area contributed by atoms with Crippen LogP contribution in [-0.4, -0.2) is 25.2 Å². The smallest absolute Gasteiger partial charge is 0.286 e. The minimum absolute atomic E-state index is 0.0240. The third-order valence-electron chi connectivity index (χ3n) is 3.15. The van der Waals surface area contributed by atoms with Crippen LogP contribution < -0.4 is 10.6 Å². The summed E-state index contributed by atoms with van der Waals surface area (Å²) in [6, 6.07) is 11.2. The van der Waals surface area contributed by atoms with Gasteiger partial charge in [-0.2, -0.15) is 8.42 Å². The van der Waals surface area contributed by atoms with Crippen molar-refractivity contribution in [3.05, 3.63) is 52.5 Å². The fourth-order valence-corrected chi connectivity index (χ4v) is 4.39. The van der Waals surface area contributed by atoms with E-state index in [2.05, 4.69) is 15.0 Å². The third kappa shape index (κ3) is 4.27. The monoisotopic (exact) mass is 415 g/mol. The Balaban J connectivity index is 1.65. The number of hydrogen-bond donors (Lipinski definition) is 2. The molecular weight excluding hydrogens is 405 g/mol. The zero-order chi connectivity index (χ0) is 18.0. The highest BCUT2D eigenvalue weighted by Gasteiger charge is 2.24. The summed E-state index contributed by atoms with van der Waals surface area (Å²) in [5.41, 5.74) is 0.932. The number of para-hydroxylation sites is 1. The van der Waals surface area contributed by atoms with Crippen LogP contribution in [0.2, 0.25) is 10.0 Å². The van der Waals surface area contributed by atoms with E-state index in [1.165, 1.54) is 12.1 Å². The molecule has 2 aromatic rings. The first-order valence-electron chi connectivity index (χ1n) is 6.94. The van der Waals surface area contributed by atoms with E-state index in [1.807, 2.05) is 0 Å². The number of hydrogen-bond acceptors (Lipinski definition) is 5. The summed E-state index contributed by atoms with van der Waals surface area (Å²) in [5, 5.41) is 6.41. The van der Waals surface area contributed by atoms with E-state index in [0.29, 0.717) is 21.4 Å². The highest BCUT2D eigenvalue weighted by Crippen LogP contribution is 2.29.